The van der Waals surface area contributed by atoms with Crippen LogP contribution in [-0.4, -0.2) is 27.6 Å². The van der Waals surface area contributed by atoms with Gasteiger partial charge in [-0.05, 0) is 37.2 Å². The van der Waals surface area contributed by atoms with Gasteiger partial charge < -0.3 is 5.32 Å². The summed E-state index contributed by atoms with van der Waals surface area (Å²) in [5, 5.41) is 10.9. The molecule has 0 unspecified atom stereocenters. The number of hydrogen-bond acceptors (Lipinski definition) is 3. The van der Waals surface area contributed by atoms with Gasteiger partial charge in [-0.15, -0.1) is 0 Å². The normalized spacial score (nSPS) is 16.6. The third kappa shape index (κ3) is 2.17. The molecule has 2 N–H and O–H groups in total. The largest absolute Gasteiger partial charge is 0.351 e. The third-order valence-corrected chi connectivity index (χ3v) is 4.58. The lowest BCUT2D eigenvalue weighted by molar-refractivity contribution is 0.0939. The van der Waals surface area contributed by atoms with Crippen molar-refractivity contribution >= 4 is 16.9 Å². The highest BCUT2D eigenvalue weighted by Crippen LogP contribution is 2.51. The molecule has 0 atom stereocenters. The number of aromatic nitrogens is 3. The molecule has 0 aliphatic heterocycles. The lowest BCUT2D eigenvalue weighted by atomic mass is 9.92. The number of aryl methyl sites for hydroxylation is 1. The van der Waals surface area contributed by atoms with Crippen LogP contribution in [0.15, 0.2) is 12.3 Å². The summed E-state index contributed by atoms with van der Waals surface area (Å²) in [6.07, 6.45) is 4.01. The van der Waals surface area contributed by atoms with E-state index in [0.717, 1.165) is 17.6 Å². The first-order chi connectivity index (χ1) is 9.52. The van der Waals surface area contributed by atoms with E-state index in [1.165, 1.54) is 12.8 Å². The maximum absolute atomic E-state index is 12.2. The van der Waals surface area contributed by atoms with E-state index in [1.807, 2.05) is 13.0 Å². The van der Waals surface area contributed by atoms with Crippen molar-refractivity contribution in [1.29, 1.82) is 0 Å². The summed E-state index contributed by atoms with van der Waals surface area (Å²) >= 11 is 0. The molecule has 1 amide bonds. The molecule has 2 heterocycles. The molecule has 20 heavy (non-hydrogen) atoms. The van der Waals surface area contributed by atoms with E-state index in [-0.39, 0.29) is 5.91 Å². The molecular weight excluding hydrogens is 252 g/mol. The van der Waals surface area contributed by atoms with E-state index in [0.29, 0.717) is 22.5 Å². The van der Waals surface area contributed by atoms with Crippen LogP contribution in [0.25, 0.3) is 11.0 Å². The summed E-state index contributed by atoms with van der Waals surface area (Å²) in [5.74, 6) is 0.562. The molecule has 2 aromatic rings. The molecule has 0 radical (unpaired) electrons. The maximum atomic E-state index is 12.2. The van der Waals surface area contributed by atoms with Gasteiger partial charge in [0, 0.05) is 23.8 Å². The molecule has 5 nitrogen and oxygen atoms in total. The fourth-order valence-corrected chi connectivity index (χ4v) is 2.62. The van der Waals surface area contributed by atoms with Gasteiger partial charge in [-0.3, -0.25) is 9.89 Å². The average Bonchev–Trinajstić information content (AvgIpc) is 3.15. The number of carbonyl (C=O) groups is 1. The fraction of sp³-hybridized carbons (Fsp3) is 0.533. The molecule has 3 rings (SSSR count). The fourth-order valence-electron chi connectivity index (χ4n) is 2.62. The number of carbonyl (C=O) groups excluding carboxylic acids is 1. The van der Waals surface area contributed by atoms with Crippen LogP contribution in [-0.2, 0) is 0 Å². The number of H-pyrrole nitrogens is 1. The Morgan fingerprint density at radius 2 is 2.25 bits per heavy atom. The highest BCUT2D eigenvalue weighted by molar-refractivity contribution is 5.97. The summed E-state index contributed by atoms with van der Waals surface area (Å²) in [5.41, 5.74) is 2.50. The minimum atomic E-state index is -0.0491. The lowest BCUT2D eigenvalue weighted by Gasteiger charge is -2.19. The Hall–Kier alpha value is -1.91. The molecule has 2 aromatic heterocycles. The van der Waals surface area contributed by atoms with Crippen molar-refractivity contribution in [3.8, 4) is 0 Å². The number of hydrogen-bond donors (Lipinski definition) is 2. The molecule has 0 spiro atoms. The highest BCUT2D eigenvalue weighted by atomic mass is 16.1. The van der Waals surface area contributed by atoms with Crippen molar-refractivity contribution in [2.45, 2.75) is 33.6 Å². The number of amides is 1. The Kier molecular flexibility index (Phi) is 3.00. The SMILES string of the molecule is Cc1[nH]nc2ncc(C(=O)NCC3(C(C)C)CC3)cc12. The second-order valence-corrected chi connectivity index (χ2v) is 6.14. The quantitative estimate of drug-likeness (QED) is 0.898. The van der Waals surface area contributed by atoms with Crippen molar-refractivity contribution in [1.82, 2.24) is 20.5 Å². The van der Waals surface area contributed by atoms with E-state index in [2.05, 4.69) is 34.3 Å². The van der Waals surface area contributed by atoms with Gasteiger partial charge in [0.05, 0.1) is 5.56 Å². The minimum absolute atomic E-state index is 0.0491. The number of pyridine rings is 1. The third-order valence-electron chi connectivity index (χ3n) is 4.58. The van der Waals surface area contributed by atoms with Crippen molar-refractivity contribution in [3.05, 3.63) is 23.5 Å². The van der Waals surface area contributed by atoms with Crippen LogP contribution in [0, 0.1) is 18.3 Å². The zero-order valence-corrected chi connectivity index (χ0v) is 12.2. The van der Waals surface area contributed by atoms with Crippen LogP contribution < -0.4 is 5.32 Å². The van der Waals surface area contributed by atoms with Crippen molar-refractivity contribution in [2.75, 3.05) is 6.54 Å². The number of aromatic amines is 1. The molecular formula is C15H20N4O. The van der Waals surface area contributed by atoms with E-state index in [9.17, 15) is 4.79 Å². The van der Waals surface area contributed by atoms with Gasteiger partial charge in [0.2, 0.25) is 0 Å². The summed E-state index contributed by atoms with van der Waals surface area (Å²) in [4.78, 5) is 16.5. The molecule has 1 aliphatic carbocycles. The monoisotopic (exact) mass is 272 g/mol. The van der Waals surface area contributed by atoms with E-state index < -0.39 is 0 Å². The van der Waals surface area contributed by atoms with E-state index in [1.54, 1.807) is 6.20 Å². The van der Waals surface area contributed by atoms with Crippen LogP contribution >= 0.6 is 0 Å². The molecule has 106 valence electrons. The maximum Gasteiger partial charge on any atom is 0.252 e. The van der Waals surface area contributed by atoms with Gasteiger partial charge in [0.25, 0.3) is 5.91 Å². The Bertz CT molecular complexity index is 655. The molecule has 5 heteroatoms. The van der Waals surface area contributed by atoms with Crippen LogP contribution in [0.3, 0.4) is 0 Å². The second-order valence-electron chi connectivity index (χ2n) is 6.14. The minimum Gasteiger partial charge on any atom is -0.351 e. The van der Waals surface area contributed by atoms with Gasteiger partial charge in [0.1, 0.15) is 0 Å². The van der Waals surface area contributed by atoms with Crippen LogP contribution in [0.5, 0.6) is 0 Å². The number of nitrogens with one attached hydrogen (secondary N) is 2. The van der Waals surface area contributed by atoms with E-state index in [4.69, 9.17) is 0 Å². The first-order valence-electron chi connectivity index (χ1n) is 7.11. The van der Waals surface area contributed by atoms with Crippen molar-refractivity contribution in [2.24, 2.45) is 11.3 Å². The predicted molar refractivity (Wildman–Crippen MR) is 77.5 cm³/mol. The van der Waals surface area contributed by atoms with E-state index >= 15 is 0 Å². The first kappa shape index (κ1) is 13.1. The van der Waals surface area contributed by atoms with Crippen molar-refractivity contribution < 1.29 is 4.79 Å². The topological polar surface area (TPSA) is 70.7 Å². The highest BCUT2D eigenvalue weighted by Gasteiger charge is 2.45. The number of rotatable bonds is 4. The van der Waals surface area contributed by atoms with Gasteiger partial charge in [-0.2, -0.15) is 5.10 Å². The van der Waals surface area contributed by atoms with Crippen LogP contribution in [0.2, 0.25) is 0 Å². The number of nitrogens with zero attached hydrogens (tertiary/aromatic N) is 2. The predicted octanol–water partition coefficient (Wildman–Crippen LogP) is 2.43. The average molecular weight is 272 g/mol. The Morgan fingerprint density at radius 3 is 2.90 bits per heavy atom. The van der Waals surface area contributed by atoms with Crippen LogP contribution in [0.1, 0.15) is 42.7 Å². The molecule has 0 saturated heterocycles. The molecule has 0 aromatic carbocycles. The molecule has 0 bridgehead atoms. The Morgan fingerprint density at radius 1 is 1.50 bits per heavy atom. The summed E-state index contributed by atoms with van der Waals surface area (Å²) in [7, 11) is 0. The summed E-state index contributed by atoms with van der Waals surface area (Å²) in [6, 6.07) is 1.85. The van der Waals surface area contributed by atoms with Gasteiger partial charge in [0.15, 0.2) is 5.65 Å². The molecule has 1 aliphatic rings. The van der Waals surface area contributed by atoms with Gasteiger partial charge >= 0.3 is 0 Å². The Balaban J connectivity index is 1.74. The lowest BCUT2D eigenvalue weighted by Crippen LogP contribution is -2.32. The zero-order valence-electron chi connectivity index (χ0n) is 12.2. The van der Waals surface area contributed by atoms with Crippen LogP contribution in [0.4, 0.5) is 0 Å². The second kappa shape index (κ2) is 4.58. The smallest absolute Gasteiger partial charge is 0.252 e. The first-order valence-corrected chi connectivity index (χ1v) is 7.11. The van der Waals surface area contributed by atoms with Gasteiger partial charge in [-0.25, -0.2) is 4.98 Å². The molecule has 1 saturated carbocycles. The number of fused-ring (bicyclic) bond motifs is 1. The summed E-state index contributed by atoms with van der Waals surface area (Å²) in [6.45, 7) is 7.13. The Labute approximate surface area is 118 Å². The summed E-state index contributed by atoms with van der Waals surface area (Å²) < 4.78 is 0. The zero-order chi connectivity index (χ0) is 14.3. The van der Waals surface area contributed by atoms with Crippen molar-refractivity contribution in [3.63, 3.8) is 0 Å². The standard InChI is InChI=1S/C15H20N4O/c1-9(2)15(4-5-15)8-17-14(20)11-6-12-10(3)18-19-13(12)16-7-11/h6-7,9H,4-5,8H2,1-3H3,(H,17,20)(H,16,18,19). The van der Waals surface area contributed by atoms with Gasteiger partial charge in [-0.1, -0.05) is 13.8 Å². The molecule has 1 fully saturated rings.